The van der Waals surface area contributed by atoms with Crippen molar-refractivity contribution in [2.45, 2.75) is 65.4 Å². The Labute approximate surface area is 105 Å². The number of unbranched alkanes of at least 4 members (excludes halogenated alkanes) is 1. The Morgan fingerprint density at radius 3 is 2.53 bits per heavy atom. The second kappa shape index (κ2) is 7.54. The van der Waals surface area contributed by atoms with E-state index in [2.05, 4.69) is 20.8 Å². The van der Waals surface area contributed by atoms with Crippen LogP contribution < -0.4 is 0 Å². The highest BCUT2D eigenvalue weighted by Crippen LogP contribution is 2.27. The van der Waals surface area contributed by atoms with Gasteiger partial charge in [0, 0.05) is 6.42 Å². The molecule has 0 fully saturated rings. The lowest BCUT2D eigenvalue weighted by Gasteiger charge is -2.17. The van der Waals surface area contributed by atoms with Crippen molar-refractivity contribution in [2.75, 3.05) is 0 Å². The molecular weight excluding hydrogens is 212 g/mol. The van der Waals surface area contributed by atoms with Crippen LogP contribution in [0.15, 0.2) is 16.5 Å². The molecule has 2 atom stereocenters. The Morgan fingerprint density at radius 1 is 1.24 bits per heavy atom. The smallest absolute Gasteiger partial charge is 0.132 e. The van der Waals surface area contributed by atoms with Crippen LogP contribution in [-0.4, -0.2) is 5.11 Å². The maximum absolute atomic E-state index is 10.1. The summed E-state index contributed by atoms with van der Waals surface area (Å²) in [6.07, 6.45) is 6.12. The Kier molecular flexibility index (Phi) is 6.35. The molecule has 1 N–H and O–H groups in total. The van der Waals surface area contributed by atoms with Gasteiger partial charge < -0.3 is 9.52 Å². The lowest BCUT2D eigenvalue weighted by molar-refractivity contribution is 0.114. The van der Waals surface area contributed by atoms with Crippen LogP contribution in [0.1, 0.15) is 70.5 Å². The maximum Gasteiger partial charge on any atom is 0.132 e. The third-order valence-electron chi connectivity index (χ3n) is 3.46. The molecule has 0 aliphatic heterocycles. The fourth-order valence-electron chi connectivity index (χ4n) is 2.18. The van der Waals surface area contributed by atoms with E-state index >= 15 is 0 Å². The third-order valence-corrected chi connectivity index (χ3v) is 3.46. The predicted octanol–water partition coefficient (Wildman–Crippen LogP) is 4.48. The Balaban J connectivity index is 2.48. The molecule has 0 aliphatic rings. The molecule has 0 amide bonds. The second-order valence-corrected chi connectivity index (χ2v) is 4.83. The number of hydrogen-bond acceptors (Lipinski definition) is 2. The minimum Gasteiger partial charge on any atom is -0.463 e. The summed E-state index contributed by atoms with van der Waals surface area (Å²) in [6.45, 7) is 6.47. The summed E-state index contributed by atoms with van der Waals surface area (Å²) < 4.78 is 5.59. The molecule has 0 aromatic carbocycles. The molecule has 1 rings (SSSR count). The number of hydrogen-bond donors (Lipinski definition) is 1. The average Bonchev–Trinajstić information content (AvgIpc) is 2.83. The summed E-state index contributed by atoms with van der Waals surface area (Å²) in [5.74, 6) is 2.30. The van der Waals surface area contributed by atoms with Crippen LogP contribution in [0.3, 0.4) is 0 Å². The largest absolute Gasteiger partial charge is 0.463 e. The van der Waals surface area contributed by atoms with Crippen LogP contribution in [0, 0.1) is 5.92 Å². The molecule has 0 saturated heterocycles. The van der Waals surface area contributed by atoms with E-state index in [0.717, 1.165) is 30.8 Å². The SMILES string of the molecule is CCCCC(CC)CC(O)c1ccc(CC)o1. The van der Waals surface area contributed by atoms with Gasteiger partial charge in [0.2, 0.25) is 0 Å². The predicted molar refractivity (Wildman–Crippen MR) is 71.0 cm³/mol. The summed E-state index contributed by atoms with van der Waals surface area (Å²) in [5.41, 5.74) is 0. The zero-order chi connectivity index (χ0) is 12.7. The normalized spacial score (nSPS) is 14.8. The minimum atomic E-state index is -0.433. The van der Waals surface area contributed by atoms with E-state index in [1.807, 2.05) is 12.1 Å². The van der Waals surface area contributed by atoms with Gasteiger partial charge in [-0.25, -0.2) is 0 Å². The highest BCUT2D eigenvalue weighted by atomic mass is 16.4. The third kappa shape index (κ3) is 4.55. The van der Waals surface area contributed by atoms with E-state index in [9.17, 15) is 5.11 Å². The molecule has 1 aromatic rings. The first-order valence-corrected chi connectivity index (χ1v) is 6.97. The molecule has 0 saturated carbocycles. The zero-order valence-electron chi connectivity index (χ0n) is 11.4. The van der Waals surface area contributed by atoms with Gasteiger partial charge in [-0.1, -0.05) is 46.5 Å². The molecule has 98 valence electrons. The summed E-state index contributed by atoms with van der Waals surface area (Å²) >= 11 is 0. The van der Waals surface area contributed by atoms with Crippen molar-refractivity contribution in [1.29, 1.82) is 0 Å². The summed E-state index contributed by atoms with van der Waals surface area (Å²) in [4.78, 5) is 0. The summed E-state index contributed by atoms with van der Waals surface area (Å²) in [7, 11) is 0. The lowest BCUT2D eigenvalue weighted by atomic mass is 9.92. The molecule has 0 spiro atoms. The molecule has 17 heavy (non-hydrogen) atoms. The quantitative estimate of drug-likeness (QED) is 0.724. The first-order valence-electron chi connectivity index (χ1n) is 6.97. The van der Waals surface area contributed by atoms with Crippen molar-refractivity contribution in [1.82, 2.24) is 0 Å². The van der Waals surface area contributed by atoms with Gasteiger partial charge in [-0.15, -0.1) is 0 Å². The molecule has 1 heterocycles. The summed E-state index contributed by atoms with van der Waals surface area (Å²) in [6, 6.07) is 3.88. The van der Waals surface area contributed by atoms with Crippen LogP contribution >= 0.6 is 0 Å². The van der Waals surface area contributed by atoms with Crippen LogP contribution in [0.5, 0.6) is 0 Å². The first-order chi connectivity index (χ1) is 8.21. The first kappa shape index (κ1) is 14.3. The zero-order valence-corrected chi connectivity index (χ0v) is 11.4. The number of aryl methyl sites for hydroxylation is 1. The monoisotopic (exact) mass is 238 g/mol. The van der Waals surface area contributed by atoms with Gasteiger partial charge >= 0.3 is 0 Å². The Bertz CT molecular complexity index is 304. The van der Waals surface area contributed by atoms with E-state index < -0.39 is 6.10 Å². The van der Waals surface area contributed by atoms with Crippen LogP contribution in [0.25, 0.3) is 0 Å². The molecular formula is C15H26O2. The highest BCUT2D eigenvalue weighted by molar-refractivity contribution is 5.09. The standard InChI is InChI=1S/C15H26O2/c1-4-7-8-12(5-2)11-14(16)15-10-9-13(6-3)17-15/h9-10,12,14,16H,4-8,11H2,1-3H3. The van der Waals surface area contributed by atoms with Crippen molar-refractivity contribution >= 4 is 0 Å². The fourth-order valence-corrected chi connectivity index (χ4v) is 2.18. The van der Waals surface area contributed by atoms with E-state index in [-0.39, 0.29) is 0 Å². The fraction of sp³-hybridized carbons (Fsp3) is 0.733. The van der Waals surface area contributed by atoms with Gasteiger partial charge in [-0.2, -0.15) is 0 Å². The number of rotatable bonds is 8. The number of aliphatic hydroxyl groups is 1. The molecule has 0 aliphatic carbocycles. The molecule has 0 radical (unpaired) electrons. The highest BCUT2D eigenvalue weighted by Gasteiger charge is 2.17. The topological polar surface area (TPSA) is 33.4 Å². The van der Waals surface area contributed by atoms with Crippen molar-refractivity contribution in [3.05, 3.63) is 23.7 Å². The van der Waals surface area contributed by atoms with Gasteiger partial charge in [0.15, 0.2) is 0 Å². The molecule has 2 nitrogen and oxygen atoms in total. The van der Waals surface area contributed by atoms with Crippen LogP contribution in [-0.2, 0) is 6.42 Å². The maximum atomic E-state index is 10.1. The minimum absolute atomic E-state index is 0.433. The average molecular weight is 238 g/mol. The van der Waals surface area contributed by atoms with E-state index in [4.69, 9.17) is 4.42 Å². The molecule has 0 bridgehead atoms. The number of furan rings is 1. The molecule has 2 heteroatoms. The van der Waals surface area contributed by atoms with Gasteiger partial charge in [0.1, 0.15) is 17.6 Å². The van der Waals surface area contributed by atoms with Crippen molar-refractivity contribution < 1.29 is 9.52 Å². The Hall–Kier alpha value is -0.760. The summed E-state index contributed by atoms with van der Waals surface area (Å²) in [5, 5.41) is 10.1. The van der Waals surface area contributed by atoms with Gasteiger partial charge in [-0.05, 0) is 24.5 Å². The van der Waals surface area contributed by atoms with Gasteiger partial charge in [0.25, 0.3) is 0 Å². The molecule has 2 unspecified atom stereocenters. The van der Waals surface area contributed by atoms with E-state index in [0.29, 0.717) is 5.92 Å². The Morgan fingerprint density at radius 2 is 2.00 bits per heavy atom. The van der Waals surface area contributed by atoms with E-state index in [1.165, 1.54) is 19.3 Å². The van der Waals surface area contributed by atoms with Crippen molar-refractivity contribution in [2.24, 2.45) is 5.92 Å². The van der Waals surface area contributed by atoms with Crippen molar-refractivity contribution in [3.8, 4) is 0 Å². The van der Waals surface area contributed by atoms with Crippen molar-refractivity contribution in [3.63, 3.8) is 0 Å². The van der Waals surface area contributed by atoms with Gasteiger partial charge in [-0.3, -0.25) is 0 Å². The number of aliphatic hydroxyl groups excluding tert-OH is 1. The van der Waals surface area contributed by atoms with Crippen LogP contribution in [0.2, 0.25) is 0 Å². The van der Waals surface area contributed by atoms with Gasteiger partial charge in [0.05, 0.1) is 0 Å². The second-order valence-electron chi connectivity index (χ2n) is 4.83. The van der Waals surface area contributed by atoms with Crippen LogP contribution in [0.4, 0.5) is 0 Å². The van der Waals surface area contributed by atoms with E-state index in [1.54, 1.807) is 0 Å². The molecule has 1 aromatic heterocycles. The lowest BCUT2D eigenvalue weighted by Crippen LogP contribution is -2.06.